The molecule has 0 fully saturated rings. The minimum atomic E-state index is 0.423. The minimum absolute atomic E-state index is 0.423. The lowest BCUT2D eigenvalue weighted by Crippen LogP contribution is -2.29. The molecule has 98 valence electrons. The number of nitrogens with one attached hydrogen (secondary N) is 1. The third-order valence-electron chi connectivity index (χ3n) is 2.88. The van der Waals surface area contributed by atoms with Gasteiger partial charge in [0.15, 0.2) is 0 Å². The molecule has 0 aliphatic carbocycles. The van der Waals surface area contributed by atoms with Crippen LogP contribution >= 0.6 is 11.3 Å². The zero-order chi connectivity index (χ0) is 13.0. The van der Waals surface area contributed by atoms with Crippen LogP contribution in [0.25, 0.3) is 0 Å². The maximum Gasteiger partial charge on any atom is 0.0946 e. The molecule has 1 N–H and O–H groups in total. The van der Waals surface area contributed by atoms with Gasteiger partial charge in [-0.2, -0.15) is 0 Å². The van der Waals surface area contributed by atoms with Gasteiger partial charge in [-0.1, -0.05) is 6.92 Å². The van der Waals surface area contributed by atoms with E-state index in [0.29, 0.717) is 6.04 Å². The van der Waals surface area contributed by atoms with Crippen LogP contribution in [0.4, 0.5) is 0 Å². The van der Waals surface area contributed by atoms with Crippen molar-refractivity contribution < 1.29 is 0 Å². The van der Waals surface area contributed by atoms with Gasteiger partial charge in [0.05, 0.1) is 17.0 Å². The van der Waals surface area contributed by atoms with Gasteiger partial charge >= 0.3 is 0 Å². The van der Waals surface area contributed by atoms with E-state index in [9.17, 15) is 0 Å². The molecule has 0 saturated heterocycles. The third-order valence-corrected chi connectivity index (χ3v) is 3.89. The third kappa shape index (κ3) is 3.40. The van der Waals surface area contributed by atoms with Gasteiger partial charge in [-0.3, -0.25) is 0 Å². The van der Waals surface area contributed by atoms with Gasteiger partial charge in [-0.25, -0.2) is 9.97 Å². The van der Waals surface area contributed by atoms with E-state index in [1.165, 1.54) is 10.6 Å². The van der Waals surface area contributed by atoms with Crippen molar-refractivity contribution in [3.8, 4) is 0 Å². The quantitative estimate of drug-likeness (QED) is 0.871. The molecule has 0 unspecified atom stereocenters. The highest BCUT2D eigenvalue weighted by atomic mass is 32.1. The SMILES string of the molecule is CCc1nc(C)sc1CN[C@H](C)Cn1ccnc1. The van der Waals surface area contributed by atoms with Crippen LogP contribution in [0.1, 0.15) is 29.4 Å². The van der Waals surface area contributed by atoms with E-state index in [4.69, 9.17) is 0 Å². The summed E-state index contributed by atoms with van der Waals surface area (Å²) in [5.41, 5.74) is 1.24. The van der Waals surface area contributed by atoms with Crippen molar-refractivity contribution in [3.63, 3.8) is 0 Å². The summed E-state index contributed by atoms with van der Waals surface area (Å²) in [7, 11) is 0. The smallest absolute Gasteiger partial charge is 0.0946 e. The Morgan fingerprint density at radius 3 is 3.00 bits per heavy atom. The number of nitrogens with zero attached hydrogens (tertiary/aromatic N) is 3. The standard InChI is InChI=1S/C13H20N4S/c1-4-12-13(18-11(3)16-12)7-15-10(2)8-17-6-5-14-9-17/h5-6,9-10,15H,4,7-8H2,1-3H3/t10-/m1/s1. The highest BCUT2D eigenvalue weighted by molar-refractivity contribution is 7.11. The number of rotatable bonds is 6. The van der Waals surface area contributed by atoms with E-state index in [1.54, 1.807) is 11.3 Å². The summed E-state index contributed by atoms with van der Waals surface area (Å²) in [5, 5.41) is 4.71. The molecule has 0 amide bonds. The summed E-state index contributed by atoms with van der Waals surface area (Å²) in [6.45, 7) is 8.28. The lowest BCUT2D eigenvalue weighted by atomic mass is 10.2. The molecule has 0 radical (unpaired) electrons. The van der Waals surface area contributed by atoms with Crippen molar-refractivity contribution in [3.05, 3.63) is 34.3 Å². The van der Waals surface area contributed by atoms with Crippen LogP contribution in [0, 0.1) is 6.92 Å². The topological polar surface area (TPSA) is 42.7 Å². The van der Waals surface area contributed by atoms with Crippen molar-refractivity contribution in [2.24, 2.45) is 0 Å². The van der Waals surface area contributed by atoms with Crippen LogP contribution in [-0.4, -0.2) is 20.6 Å². The molecule has 2 aromatic heterocycles. The molecule has 2 heterocycles. The Morgan fingerprint density at radius 1 is 1.50 bits per heavy atom. The van der Waals surface area contributed by atoms with Gasteiger partial charge in [-0.15, -0.1) is 11.3 Å². The molecule has 0 saturated carbocycles. The lowest BCUT2D eigenvalue weighted by Gasteiger charge is -2.13. The molecule has 2 rings (SSSR count). The predicted molar refractivity (Wildman–Crippen MR) is 74.8 cm³/mol. The number of hydrogen-bond acceptors (Lipinski definition) is 4. The Bertz CT molecular complexity index is 475. The summed E-state index contributed by atoms with van der Waals surface area (Å²) in [5.74, 6) is 0. The van der Waals surface area contributed by atoms with E-state index in [0.717, 1.165) is 24.5 Å². The first-order valence-corrected chi connectivity index (χ1v) is 7.15. The average Bonchev–Trinajstić information content (AvgIpc) is 2.95. The molecule has 2 aromatic rings. The van der Waals surface area contributed by atoms with E-state index in [1.807, 2.05) is 18.7 Å². The fourth-order valence-electron chi connectivity index (χ4n) is 1.97. The second-order valence-corrected chi connectivity index (χ2v) is 5.79. The molecule has 4 nitrogen and oxygen atoms in total. The Morgan fingerprint density at radius 2 is 2.33 bits per heavy atom. The van der Waals surface area contributed by atoms with Gasteiger partial charge < -0.3 is 9.88 Å². The van der Waals surface area contributed by atoms with Gasteiger partial charge in [0.2, 0.25) is 0 Å². The summed E-state index contributed by atoms with van der Waals surface area (Å²) in [4.78, 5) is 9.97. The highest BCUT2D eigenvalue weighted by Gasteiger charge is 2.09. The monoisotopic (exact) mass is 264 g/mol. The molecule has 5 heteroatoms. The molecule has 0 spiro atoms. The highest BCUT2D eigenvalue weighted by Crippen LogP contribution is 2.18. The van der Waals surface area contributed by atoms with Crippen molar-refractivity contribution in [2.75, 3.05) is 0 Å². The summed E-state index contributed by atoms with van der Waals surface area (Å²) < 4.78 is 2.09. The maximum absolute atomic E-state index is 4.55. The normalized spacial score (nSPS) is 12.8. The van der Waals surface area contributed by atoms with Crippen molar-refractivity contribution in [2.45, 2.75) is 46.3 Å². The number of hydrogen-bond donors (Lipinski definition) is 1. The zero-order valence-corrected chi connectivity index (χ0v) is 12.0. The Labute approximate surface area is 112 Å². The van der Waals surface area contributed by atoms with E-state index in [-0.39, 0.29) is 0 Å². The van der Waals surface area contributed by atoms with E-state index < -0.39 is 0 Å². The van der Waals surface area contributed by atoms with Crippen LogP contribution in [0.3, 0.4) is 0 Å². The number of imidazole rings is 1. The predicted octanol–water partition coefficient (Wildman–Crippen LogP) is 2.39. The van der Waals surface area contributed by atoms with Crippen molar-refractivity contribution in [1.29, 1.82) is 0 Å². The first-order valence-electron chi connectivity index (χ1n) is 6.33. The van der Waals surface area contributed by atoms with Gasteiger partial charge in [-0.05, 0) is 20.3 Å². The largest absolute Gasteiger partial charge is 0.336 e. The number of thiazole rings is 1. The second-order valence-electron chi connectivity index (χ2n) is 4.50. The Hall–Kier alpha value is -1.20. The molecule has 18 heavy (non-hydrogen) atoms. The molecule has 1 atom stereocenters. The first-order chi connectivity index (χ1) is 8.69. The molecule has 0 bridgehead atoms. The first kappa shape index (κ1) is 13.2. The van der Waals surface area contributed by atoms with Crippen LogP contribution in [0.15, 0.2) is 18.7 Å². The van der Waals surface area contributed by atoms with Crippen LogP contribution < -0.4 is 5.32 Å². The number of aromatic nitrogens is 3. The van der Waals surface area contributed by atoms with E-state index in [2.05, 4.69) is 40.6 Å². The van der Waals surface area contributed by atoms with Crippen LogP contribution in [0.2, 0.25) is 0 Å². The molecular formula is C13H20N4S. The molecule has 0 aliphatic heterocycles. The van der Waals surface area contributed by atoms with Gasteiger partial charge in [0, 0.05) is 36.4 Å². The number of aryl methyl sites for hydroxylation is 2. The second kappa shape index (κ2) is 6.11. The summed E-state index contributed by atoms with van der Waals surface area (Å²) >= 11 is 1.80. The molecular weight excluding hydrogens is 244 g/mol. The minimum Gasteiger partial charge on any atom is -0.336 e. The fourth-order valence-corrected chi connectivity index (χ4v) is 2.94. The van der Waals surface area contributed by atoms with Crippen LogP contribution in [0.5, 0.6) is 0 Å². The van der Waals surface area contributed by atoms with Crippen LogP contribution in [-0.2, 0) is 19.5 Å². The van der Waals surface area contributed by atoms with Crippen molar-refractivity contribution >= 4 is 11.3 Å². The van der Waals surface area contributed by atoms with Gasteiger partial charge in [0.1, 0.15) is 0 Å². The summed E-state index contributed by atoms with van der Waals surface area (Å²) in [6, 6.07) is 0.423. The van der Waals surface area contributed by atoms with E-state index >= 15 is 0 Å². The Kier molecular flexibility index (Phi) is 4.49. The maximum atomic E-state index is 4.55. The molecule has 0 aromatic carbocycles. The zero-order valence-electron chi connectivity index (χ0n) is 11.2. The average molecular weight is 264 g/mol. The Balaban J connectivity index is 1.86. The summed E-state index contributed by atoms with van der Waals surface area (Å²) in [6.07, 6.45) is 6.67. The fraction of sp³-hybridized carbons (Fsp3) is 0.538. The lowest BCUT2D eigenvalue weighted by molar-refractivity contribution is 0.477. The van der Waals surface area contributed by atoms with Gasteiger partial charge in [0.25, 0.3) is 0 Å². The van der Waals surface area contributed by atoms with Crippen molar-refractivity contribution in [1.82, 2.24) is 19.9 Å². The molecule has 0 aliphatic rings.